The van der Waals surface area contributed by atoms with E-state index in [2.05, 4.69) is 32.7 Å². The molecule has 0 aliphatic carbocycles. The highest BCUT2D eigenvalue weighted by atomic mass is 16.2. The molecule has 0 bridgehead atoms. The van der Waals surface area contributed by atoms with Crippen LogP contribution in [-0.4, -0.2) is 35.5 Å². The number of benzene rings is 1. The van der Waals surface area contributed by atoms with Crippen molar-refractivity contribution in [1.82, 2.24) is 15.2 Å². The second-order valence-electron chi connectivity index (χ2n) is 5.72. The maximum atomic E-state index is 12.1. The zero-order valence-corrected chi connectivity index (χ0v) is 13.1. The summed E-state index contributed by atoms with van der Waals surface area (Å²) in [4.78, 5) is 18.6. The van der Waals surface area contributed by atoms with E-state index >= 15 is 0 Å². The van der Waals surface area contributed by atoms with Crippen LogP contribution >= 0.6 is 0 Å². The molecule has 1 aromatic heterocycles. The molecule has 1 unspecified atom stereocenters. The van der Waals surface area contributed by atoms with Gasteiger partial charge in [-0.25, -0.2) is 9.78 Å². The summed E-state index contributed by atoms with van der Waals surface area (Å²) in [5.74, 6) is 0.558. The van der Waals surface area contributed by atoms with E-state index in [0.29, 0.717) is 12.4 Å². The van der Waals surface area contributed by atoms with Crippen LogP contribution in [0.15, 0.2) is 54.7 Å². The van der Waals surface area contributed by atoms with Gasteiger partial charge in [0, 0.05) is 12.7 Å². The molecule has 3 rings (SSSR count). The van der Waals surface area contributed by atoms with Gasteiger partial charge in [-0.15, -0.1) is 0 Å². The number of nitrogens with zero attached hydrogens (tertiary/aromatic N) is 2. The van der Waals surface area contributed by atoms with Crippen LogP contribution in [0.1, 0.15) is 24.4 Å². The molecular formula is C18H22N4O. The number of amides is 2. The molecule has 0 saturated carbocycles. The van der Waals surface area contributed by atoms with Crippen LogP contribution in [-0.2, 0) is 0 Å². The lowest BCUT2D eigenvalue weighted by atomic mass is 10.1. The Bertz CT molecular complexity index is 611. The van der Waals surface area contributed by atoms with Crippen LogP contribution < -0.4 is 10.6 Å². The molecule has 0 radical (unpaired) electrons. The molecule has 1 fully saturated rings. The Balaban J connectivity index is 1.61. The Hall–Kier alpha value is -2.40. The highest BCUT2D eigenvalue weighted by Crippen LogP contribution is 2.24. The van der Waals surface area contributed by atoms with Crippen LogP contribution in [0.4, 0.5) is 10.6 Å². The SMILES string of the molecule is O=C(NCC(c1ccccc1)N1CCCC1)Nc1ccccn1. The van der Waals surface area contributed by atoms with Crippen LogP contribution in [0.3, 0.4) is 0 Å². The van der Waals surface area contributed by atoms with Gasteiger partial charge in [0.05, 0.1) is 6.04 Å². The third-order valence-electron chi connectivity index (χ3n) is 4.13. The predicted molar refractivity (Wildman–Crippen MR) is 91.2 cm³/mol. The van der Waals surface area contributed by atoms with E-state index in [1.165, 1.54) is 18.4 Å². The minimum atomic E-state index is -0.219. The van der Waals surface area contributed by atoms with Gasteiger partial charge in [0.2, 0.25) is 0 Å². The summed E-state index contributed by atoms with van der Waals surface area (Å²) in [5, 5.41) is 5.73. The summed E-state index contributed by atoms with van der Waals surface area (Å²) in [6, 6.07) is 15.8. The molecule has 2 N–H and O–H groups in total. The predicted octanol–water partition coefficient (Wildman–Crippen LogP) is 3.04. The summed E-state index contributed by atoms with van der Waals surface area (Å²) >= 11 is 0. The fourth-order valence-corrected chi connectivity index (χ4v) is 2.97. The Morgan fingerprint density at radius 2 is 1.83 bits per heavy atom. The number of carbonyl (C=O) groups is 1. The fraction of sp³-hybridized carbons (Fsp3) is 0.333. The van der Waals surface area contributed by atoms with E-state index < -0.39 is 0 Å². The smallest absolute Gasteiger partial charge is 0.320 e. The quantitative estimate of drug-likeness (QED) is 0.892. The van der Waals surface area contributed by atoms with Gasteiger partial charge >= 0.3 is 6.03 Å². The average molecular weight is 310 g/mol. The first-order valence-corrected chi connectivity index (χ1v) is 8.08. The van der Waals surface area contributed by atoms with Gasteiger partial charge < -0.3 is 5.32 Å². The standard InChI is InChI=1S/C18H22N4O/c23-18(21-17-10-4-5-11-19-17)20-14-16(22-12-6-7-13-22)15-8-2-1-3-9-15/h1-5,8-11,16H,6-7,12-14H2,(H2,19,20,21,23). The average Bonchev–Trinajstić information content (AvgIpc) is 3.11. The highest BCUT2D eigenvalue weighted by Gasteiger charge is 2.23. The van der Waals surface area contributed by atoms with Gasteiger partial charge in [-0.2, -0.15) is 0 Å². The van der Waals surface area contributed by atoms with Crippen molar-refractivity contribution < 1.29 is 4.79 Å². The molecule has 2 heterocycles. The van der Waals surface area contributed by atoms with Crippen molar-refractivity contribution in [1.29, 1.82) is 0 Å². The highest BCUT2D eigenvalue weighted by molar-refractivity contribution is 5.88. The molecule has 1 atom stereocenters. The topological polar surface area (TPSA) is 57.3 Å². The molecule has 5 nitrogen and oxygen atoms in total. The molecule has 1 aliphatic heterocycles. The lowest BCUT2D eigenvalue weighted by Gasteiger charge is -2.28. The summed E-state index contributed by atoms with van der Waals surface area (Å²) in [5.41, 5.74) is 1.24. The van der Waals surface area contributed by atoms with Gasteiger partial charge in [0.15, 0.2) is 0 Å². The number of hydrogen-bond acceptors (Lipinski definition) is 3. The van der Waals surface area contributed by atoms with Crippen LogP contribution in [0.2, 0.25) is 0 Å². The number of nitrogens with one attached hydrogen (secondary N) is 2. The number of likely N-dealkylation sites (tertiary alicyclic amines) is 1. The van der Waals surface area contributed by atoms with Crippen molar-refractivity contribution in [3.8, 4) is 0 Å². The number of rotatable bonds is 5. The van der Waals surface area contributed by atoms with Crippen molar-refractivity contribution in [2.24, 2.45) is 0 Å². The molecule has 23 heavy (non-hydrogen) atoms. The largest absolute Gasteiger partial charge is 0.336 e. The molecule has 2 aromatic rings. The summed E-state index contributed by atoms with van der Waals surface area (Å²) in [6.45, 7) is 2.76. The third-order valence-corrected chi connectivity index (χ3v) is 4.13. The van der Waals surface area contributed by atoms with Crippen LogP contribution in [0.5, 0.6) is 0 Å². The van der Waals surface area contributed by atoms with Gasteiger partial charge in [-0.3, -0.25) is 10.2 Å². The summed E-state index contributed by atoms with van der Waals surface area (Å²) < 4.78 is 0. The summed E-state index contributed by atoms with van der Waals surface area (Å²) in [7, 11) is 0. The number of hydrogen-bond donors (Lipinski definition) is 2. The van der Waals surface area contributed by atoms with Crippen LogP contribution in [0, 0.1) is 0 Å². The van der Waals surface area contributed by atoms with E-state index in [-0.39, 0.29) is 12.1 Å². The lowest BCUT2D eigenvalue weighted by molar-refractivity contribution is 0.227. The monoisotopic (exact) mass is 310 g/mol. The van der Waals surface area contributed by atoms with E-state index in [0.717, 1.165) is 13.1 Å². The minimum absolute atomic E-state index is 0.216. The minimum Gasteiger partial charge on any atom is -0.336 e. The number of pyridine rings is 1. The molecule has 0 spiro atoms. The zero-order chi connectivity index (χ0) is 15.9. The third kappa shape index (κ3) is 4.29. The van der Waals surface area contributed by atoms with Crippen molar-refractivity contribution in [3.05, 3.63) is 60.3 Å². The molecule has 2 amide bonds. The van der Waals surface area contributed by atoms with Gasteiger partial charge in [-0.1, -0.05) is 36.4 Å². The van der Waals surface area contributed by atoms with Gasteiger partial charge in [-0.05, 0) is 43.6 Å². The van der Waals surface area contributed by atoms with Crippen LogP contribution in [0.25, 0.3) is 0 Å². The first-order chi connectivity index (χ1) is 11.3. The van der Waals surface area contributed by atoms with Crippen molar-refractivity contribution >= 4 is 11.8 Å². The van der Waals surface area contributed by atoms with E-state index in [1.807, 2.05) is 30.3 Å². The second kappa shape index (κ2) is 7.74. The Morgan fingerprint density at radius 3 is 2.52 bits per heavy atom. The van der Waals surface area contributed by atoms with E-state index in [4.69, 9.17) is 0 Å². The van der Waals surface area contributed by atoms with E-state index in [9.17, 15) is 4.79 Å². The lowest BCUT2D eigenvalue weighted by Crippen LogP contribution is -2.38. The van der Waals surface area contributed by atoms with Crippen molar-refractivity contribution in [3.63, 3.8) is 0 Å². The fourth-order valence-electron chi connectivity index (χ4n) is 2.97. The number of carbonyl (C=O) groups excluding carboxylic acids is 1. The molecule has 120 valence electrons. The zero-order valence-electron chi connectivity index (χ0n) is 13.1. The normalized spacial score (nSPS) is 16.0. The van der Waals surface area contributed by atoms with Gasteiger partial charge in [0.1, 0.15) is 5.82 Å². The maximum Gasteiger partial charge on any atom is 0.320 e. The molecule has 1 saturated heterocycles. The molecule has 1 aromatic carbocycles. The number of aromatic nitrogens is 1. The number of anilines is 1. The Morgan fingerprint density at radius 1 is 1.09 bits per heavy atom. The van der Waals surface area contributed by atoms with Crippen molar-refractivity contribution in [2.75, 3.05) is 25.0 Å². The molecule has 1 aliphatic rings. The van der Waals surface area contributed by atoms with Gasteiger partial charge in [0.25, 0.3) is 0 Å². The Kier molecular flexibility index (Phi) is 5.21. The Labute approximate surface area is 136 Å². The first kappa shape index (κ1) is 15.5. The maximum absolute atomic E-state index is 12.1. The number of urea groups is 1. The molecular weight excluding hydrogens is 288 g/mol. The molecule has 5 heteroatoms. The van der Waals surface area contributed by atoms with E-state index in [1.54, 1.807) is 12.3 Å². The second-order valence-corrected chi connectivity index (χ2v) is 5.72. The summed E-state index contributed by atoms with van der Waals surface area (Å²) in [6.07, 6.45) is 4.11. The van der Waals surface area contributed by atoms with Crippen molar-refractivity contribution in [2.45, 2.75) is 18.9 Å². The first-order valence-electron chi connectivity index (χ1n) is 8.08.